The molecule has 242 valence electrons. The summed E-state index contributed by atoms with van der Waals surface area (Å²) >= 11 is 0. The number of aliphatic hydroxyl groups is 1. The lowest BCUT2D eigenvalue weighted by Crippen LogP contribution is -2.69. The molecule has 2 atom stereocenters. The van der Waals surface area contributed by atoms with Gasteiger partial charge in [0.2, 0.25) is 5.88 Å². The van der Waals surface area contributed by atoms with Gasteiger partial charge in [-0.2, -0.15) is 10.4 Å². The Bertz CT molecular complexity index is 2050. The van der Waals surface area contributed by atoms with E-state index in [2.05, 4.69) is 31.4 Å². The Balaban J connectivity index is 1.07. The summed E-state index contributed by atoms with van der Waals surface area (Å²) in [5, 5.41) is 28.1. The molecule has 2 unspecified atom stereocenters. The van der Waals surface area contributed by atoms with Gasteiger partial charge in [-0.05, 0) is 70.1 Å². The number of ether oxygens (including phenoxy) is 1. The number of pyridine rings is 3. The molecule has 2 N–H and O–H groups in total. The van der Waals surface area contributed by atoms with Crippen molar-refractivity contribution in [1.29, 1.82) is 5.26 Å². The number of nitrogens with zero attached hydrogens (tertiary/aromatic N) is 8. The Morgan fingerprint density at radius 1 is 1.00 bits per heavy atom. The first-order valence-corrected chi connectivity index (χ1v) is 16.2. The van der Waals surface area contributed by atoms with Crippen LogP contribution in [0.3, 0.4) is 0 Å². The predicted molar refractivity (Wildman–Crippen MR) is 177 cm³/mol. The average Bonchev–Trinajstić information content (AvgIpc) is 3.50. The van der Waals surface area contributed by atoms with E-state index in [1.54, 1.807) is 62.4 Å². The normalized spacial score (nSPS) is 22.9. The zero-order valence-corrected chi connectivity index (χ0v) is 27.0. The van der Waals surface area contributed by atoms with Crippen LogP contribution >= 0.6 is 0 Å². The van der Waals surface area contributed by atoms with Crippen LogP contribution in [0.5, 0.6) is 5.88 Å². The van der Waals surface area contributed by atoms with Crippen molar-refractivity contribution in [3.05, 3.63) is 84.2 Å². The van der Waals surface area contributed by atoms with Gasteiger partial charge < -0.3 is 20.1 Å². The highest BCUT2D eigenvalue weighted by molar-refractivity contribution is 5.94. The van der Waals surface area contributed by atoms with E-state index in [0.717, 1.165) is 49.0 Å². The van der Waals surface area contributed by atoms with Crippen LogP contribution in [0.15, 0.2) is 67.5 Å². The van der Waals surface area contributed by atoms with Crippen molar-refractivity contribution in [2.45, 2.75) is 69.2 Å². The second kappa shape index (κ2) is 11.1. The Morgan fingerprint density at radius 2 is 1.79 bits per heavy atom. The summed E-state index contributed by atoms with van der Waals surface area (Å²) in [6.07, 6.45) is 15.0. The van der Waals surface area contributed by atoms with E-state index in [1.807, 2.05) is 30.6 Å². The molecule has 0 spiro atoms. The number of carbonyl (C=O) groups excluding carboxylic acids is 1. The van der Waals surface area contributed by atoms with Gasteiger partial charge in [-0.15, -0.1) is 0 Å². The summed E-state index contributed by atoms with van der Waals surface area (Å²) in [6, 6.07) is 11.9. The van der Waals surface area contributed by atoms with Crippen LogP contribution in [0.4, 0.5) is 5.82 Å². The predicted octanol–water partition coefficient (Wildman–Crippen LogP) is 4.68. The molecule has 9 rings (SSSR count). The van der Waals surface area contributed by atoms with E-state index >= 15 is 0 Å². The van der Waals surface area contributed by atoms with Crippen molar-refractivity contribution in [1.82, 2.24) is 34.9 Å². The van der Waals surface area contributed by atoms with Gasteiger partial charge in [0.1, 0.15) is 11.9 Å². The third-order valence-corrected chi connectivity index (χ3v) is 10.2. The van der Waals surface area contributed by atoms with E-state index < -0.39 is 5.60 Å². The molecular formula is C36H35N9O3. The van der Waals surface area contributed by atoms with Gasteiger partial charge in [0.25, 0.3) is 5.91 Å². The van der Waals surface area contributed by atoms with Gasteiger partial charge in [0.05, 0.1) is 59.3 Å². The van der Waals surface area contributed by atoms with Crippen LogP contribution in [-0.4, -0.2) is 65.3 Å². The number of hydrogen-bond donors (Lipinski definition) is 2. The van der Waals surface area contributed by atoms with Crippen molar-refractivity contribution in [3.63, 3.8) is 0 Å². The summed E-state index contributed by atoms with van der Waals surface area (Å²) in [6.45, 7) is 3.45. The third kappa shape index (κ3) is 5.11. The zero-order valence-electron chi connectivity index (χ0n) is 27.0. The Hall–Kier alpha value is -5.41. The molecule has 12 heteroatoms. The smallest absolute Gasteiger partial charge is 0.253 e. The molecule has 7 heterocycles. The average molecular weight is 642 g/mol. The Morgan fingerprint density at radius 3 is 2.42 bits per heavy atom. The molecule has 2 saturated heterocycles. The number of nitriles is 1. The van der Waals surface area contributed by atoms with Crippen LogP contribution in [0, 0.1) is 17.2 Å². The maximum Gasteiger partial charge on any atom is 0.253 e. The highest BCUT2D eigenvalue weighted by Gasteiger charge is 2.55. The highest BCUT2D eigenvalue weighted by atomic mass is 16.5. The number of fused-ring (bicyclic) bond motifs is 1. The van der Waals surface area contributed by atoms with Gasteiger partial charge in [-0.25, -0.2) is 14.5 Å². The second-order valence-electron chi connectivity index (χ2n) is 13.8. The van der Waals surface area contributed by atoms with Crippen molar-refractivity contribution >= 4 is 17.2 Å². The number of rotatable bonds is 7. The van der Waals surface area contributed by atoms with Crippen LogP contribution in [-0.2, 0) is 5.60 Å². The number of anilines is 1. The van der Waals surface area contributed by atoms with Crippen molar-refractivity contribution in [3.8, 4) is 34.5 Å². The Kier molecular flexibility index (Phi) is 6.92. The standard InChI is InChI=1S/C36H35N9O3/c1-35(2,47)25-5-6-29(38-17-25)23-10-28(33-24(14-37)16-42-44(33)20-23)30-18-40-31(19-39-30)45-26-8-21-9-27(45)13-36(11-21,12-26)43-34(46)22-4-7-32(48-3)41-15-22/h4-7,10,15-21,26-27,47H,8-9,11-13H2,1-3H3,(H,43,46). The van der Waals surface area contributed by atoms with E-state index in [0.29, 0.717) is 45.4 Å². The number of nitrogens with one attached hydrogen (secondary N) is 1. The first-order chi connectivity index (χ1) is 23.1. The lowest BCUT2D eigenvalue weighted by Gasteiger charge is -2.62. The maximum absolute atomic E-state index is 13.3. The van der Waals surface area contributed by atoms with Crippen LogP contribution in [0.2, 0.25) is 0 Å². The molecule has 4 bridgehead atoms. The number of hydrogen-bond acceptors (Lipinski definition) is 10. The Labute approximate surface area is 277 Å². The molecule has 2 aliphatic heterocycles. The molecule has 0 radical (unpaired) electrons. The topological polar surface area (TPSA) is 154 Å². The molecule has 5 aromatic heterocycles. The molecule has 4 aliphatic rings. The molecule has 5 aromatic rings. The van der Waals surface area contributed by atoms with E-state index in [9.17, 15) is 15.2 Å². The monoisotopic (exact) mass is 641 g/mol. The zero-order chi connectivity index (χ0) is 33.2. The molecule has 1 amide bonds. The van der Waals surface area contributed by atoms with Crippen LogP contribution in [0.1, 0.15) is 67.4 Å². The molecule has 12 nitrogen and oxygen atoms in total. The van der Waals surface area contributed by atoms with Gasteiger partial charge in [-0.1, -0.05) is 6.07 Å². The van der Waals surface area contributed by atoms with Crippen molar-refractivity contribution in [2.24, 2.45) is 5.92 Å². The minimum absolute atomic E-state index is 0.101. The molecule has 2 aliphatic carbocycles. The van der Waals surface area contributed by atoms with E-state index in [1.165, 1.54) is 0 Å². The van der Waals surface area contributed by atoms with E-state index in [-0.39, 0.29) is 23.5 Å². The molecule has 4 fully saturated rings. The number of amides is 1. The second-order valence-corrected chi connectivity index (χ2v) is 13.8. The van der Waals surface area contributed by atoms with Crippen molar-refractivity contribution < 1.29 is 14.6 Å². The van der Waals surface area contributed by atoms with Gasteiger partial charge in [-0.3, -0.25) is 14.8 Å². The summed E-state index contributed by atoms with van der Waals surface area (Å²) in [5.41, 5.74) is 3.92. The minimum atomic E-state index is -1.00. The maximum atomic E-state index is 13.3. The van der Waals surface area contributed by atoms with E-state index in [4.69, 9.17) is 14.7 Å². The first kappa shape index (κ1) is 30.0. The lowest BCUT2D eigenvalue weighted by molar-refractivity contribution is 0.0358. The van der Waals surface area contributed by atoms with Gasteiger partial charge in [0.15, 0.2) is 0 Å². The molecular weight excluding hydrogens is 606 g/mol. The largest absolute Gasteiger partial charge is 0.481 e. The summed E-state index contributed by atoms with van der Waals surface area (Å²) < 4.78 is 6.83. The molecule has 0 aromatic carbocycles. The van der Waals surface area contributed by atoms with Gasteiger partial charge in [0, 0.05) is 59.0 Å². The molecule has 48 heavy (non-hydrogen) atoms. The quantitative estimate of drug-likeness (QED) is 0.256. The molecule has 2 saturated carbocycles. The fourth-order valence-corrected chi connectivity index (χ4v) is 8.16. The number of piperidine rings is 2. The van der Waals surface area contributed by atoms with Crippen LogP contribution < -0.4 is 15.0 Å². The summed E-state index contributed by atoms with van der Waals surface area (Å²) in [4.78, 5) is 34.3. The number of aromatic nitrogens is 6. The fourth-order valence-electron chi connectivity index (χ4n) is 8.16. The number of methoxy groups -OCH3 is 1. The summed E-state index contributed by atoms with van der Waals surface area (Å²) in [5.74, 6) is 1.75. The summed E-state index contributed by atoms with van der Waals surface area (Å²) in [7, 11) is 1.56. The van der Waals surface area contributed by atoms with Crippen molar-refractivity contribution in [2.75, 3.05) is 12.0 Å². The minimum Gasteiger partial charge on any atom is -0.481 e. The lowest BCUT2D eigenvalue weighted by atomic mass is 9.59. The number of carbonyl (C=O) groups is 1. The first-order valence-electron chi connectivity index (χ1n) is 16.2. The van der Waals surface area contributed by atoms with Gasteiger partial charge >= 0.3 is 0 Å². The fraction of sp³-hybridized carbons (Fsp3) is 0.361. The SMILES string of the molecule is COc1ccc(C(=O)NC23CC4CC(C2)N(c2cnc(-c5cc(-c6ccc(C(C)(C)O)cn6)cn6ncc(C#N)c56)cn2)C(C4)C3)cn1. The van der Waals surface area contributed by atoms with Crippen LogP contribution in [0.25, 0.3) is 28.0 Å². The highest BCUT2D eigenvalue weighted by Crippen LogP contribution is 2.52. The third-order valence-electron chi connectivity index (χ3n) is 10.2.